The van der Waals surface area contributed by atoms with Crippen LogP contribution in [0.25, 0.3) is 0 Å². The molecule has 36 heavy (non-hydrogen) atoms. The summed E-state index contributed by atoms with van der Waals surface area (Å²) in [5.74, 6) is -6.29. The molecule has 13 heteroatoms. The average molecular weight is 516 g/mol. The fourth-order valence-corrected chi connectivity index (χ4v) is 5.61. The fraction of sp³-hybridized carbons (Fsp3) is 0.435. The molecule has 1 unspecified atom stereocenters. The minimum Gasteiger partial charge on any atom is -0.484 e. The molecule has 1 heterocycles. The van der Waals surface area contributed by atoms with E-state index >= 15 is 8.78 Å². The molecule has 3 aliphatic carbocycles. The summed E-state index contributed by atoms with van der Waals surface area (Å²) in [6.45, 7) is -2.38. The maximum absolute atomic E-state index is 16.2. The first-order chi connectivity index (χ1) is 16.8. The van der Waals surface area contributed by atoms with E-state index in [0.717, 1.165) is 23.1 Å². The van der Waals surface area contributed by atoms with Gasteiger partial charge in [-0.3, -0.25) is 0 Å². The van der Waals surface area contributed by atoms with E-state index < -0.39 is 58.9 Å². The van der Waals surface area contributed by atoms with Gasteiger partial charge in [0.25, 0.3) is 5.92 Å². The van der Waals surface area contributed by atoms with E-state index in [4.69, 9.17) is 4.74 Å². The van der Waals surface area contributed by atoms with Gasteiger partial charge in [-0.2, -0.15) is 13.2 Å². The molecule has 3 aliphatic rings. The van der Waals surface area contributed by atoms with Crippen molar-refractivity contribution in [1.29, 1.82) is 0 Å². The Morgan fingerprint density at radius 3 is 2.33 bits per heavy atom. The zero-order valence-corrected chi connectivity index (χ0v) is 18.4. The third kappa shape index (κ3) is 3.71. The van der Waals surface area contributed by atoms with Crippen molar-refractivity contribution in [3.63, 3.8) is 0 Å². The van der Waals surface area contributed by atoms with Gasteiger partial charge in [-0.25, -0.2) is 22.2 Å². The largest absolute Gasteiger partial charge is 0.484 e. The number of tetrazole rings is 1. The Morgan fingerprint density at radius 2 is 1.72 bits per heavy atom. The van der Waals surface area contributed by atoms with Gasteiger partial charge in [0.1, 0.15) is 23.7 Å². The standard InChI is InChI=1S/C23H19F7N4O2/c24-15-4-5-17(18(25)7-15)21(35,11-34-13-31-32-33-34)23(29,30)20-8-19(9-20,10-20)14-2-1-3-16(6-14)36-12-22(26,27)28/h1-7,13,35H,8-12H2. The van der Waals surface area contributed by atoms with Crippen LogP contribution < -0.4 is 4.74 Å². The SMILES string of the molecule is OC(Cn1cnnn1)(c1ccc(F)cc1F)C(F)(F)C12CC(c3cccc(OCC(F)(F)F)c3)(C1)C2. The number of halogens is 7. The molecule has 3 fully saturated rings. The Hall–Kier alpha value is -3.22. The minimum absolute atomic E-state index is 0.0427. The molecule has 3 aromatic rings. The predicted molar refractivity (Wildman–Crippen MR) is 109 cm³/mol. The van der Waals surface area contributed by atoms with Gasteiger partial charge in [-0.15, -0.1) is 5.10 Å². The maximum atomic E-state index is 16.2. The summed E-state index contributed by atoms with van der Waals surface area (Å²) in [7, 11) is 0. The lowest BCUT2D eigenvalue weighted by atomic mass is 9.30. The van der Waals surface area contributed by atoms with Crippen LogP contribution in [-0.2, 0) is 17.6 Å². The minimum atomic E-state index is -4.53. The number of hydrogen-bond acceptors (Lipinski definition) is 5. The first kappa shape index (κ1) is 24.5. The van der Waals surface area contributed by atoms with Crippen molar-refractivity contribution in [3.05, 3.63) is 71.6 Å². The van der Waals surface area contributed by atoms with E-state index in [1.165, 1.54) is 18.2 Å². The molecule has 0 aliphatic heterocycles. The van der Waals surface area contributed by atoms with E-state index in [2.05, 4.69) is 15.5 Å². The number of nitrogens with zero attached hydrogens (tertiary/aromatic N) is 4. The Balaban J connectivity index is 1.43. The normalized spacial score (nSPS) is 25.0. The summed E-state index contributed by atoms with van der Waals surface area (Å²) < 4.78 is 104. The highest BCUT2D eigenvalue weighted by Gasteiger charge is 2.82. The van der Waals surface area contributed by atoms with Gasteiger partial charge in [-0.05, 0) is 64.9 Å². The highest BCUT2D eigenvalue weighted by Crippen LogP contribution is 2.80. The van der Waals surface area contributed by atoms with Crippen LogP contribution in [0.4, 0.5) is 30.7 Å². The second-order valence-corrected chi connectivity index (χ2v) is 9.59. The number of hydrogen-bond donors (Lipinski definition) is 1. The van der Waals surface area contributed by atoms with Gasteiger partial charge in [0.2, 0.25) is 0 Å². The molecule has 0 spiro atoms. The number of aliphatic hydroxyl groups is 1. The van der Waals surface area contributed by atoms with E-state index in [9.17, 15) is 27.1 Å². The van der Waals surface area contributed by atoms with Crippen molar-refractivity contribution < 1.29 is 40.6 Å². The third-order valence-electron chi connectivity index (χ3n) is 7.22. The molecule has 1 N–H and O–H groups in total. The second-order valence-electron chi connectivity index (χ2n) is 9.59. The lowest BCUT2D eigenvalue weighted by Crippen LogP contribution is -2.76. The number of aromatic nitrogens is 4. The van der Waals surface area contributed by atoms with Crippen molar-refractivity contribution in [3.8, 4) is 5.75 Å². The monoisotopic (exact) mass is 516 g/mol. The molecule has 0 saturated heterocycles. The number of alkyl halides is 5. The van der Waals surface area contributed by atoms with Crippen molar-refractivity contribution in [1.82, 2.24) is 20.2 Å². The zero-order chi connectivity index (χ0) is 26.0. The topological polar surface area (TPSA) is 73.1 Å². The van der Waals surface area contributed by atoms with Gasteiger partial charge in [0.05, 0.1) is 6.54 Å². The number of rotatable bonds is 8. The van der Waals surface area contributed by atoms with E-state index in [0.29, 0.717) is 11.6 Å². The summed E-state index contributed by atoms with van der Waals surface area (Å²) in [5, 5.41) is 21.6. The van der Waals surface area contributed by atoms with Gasteiger partial charge < -0.3 is 9.84 Å². The quantitative estimate of drug-likeness (QED) is 0.446. The zero-order valence-electron chi connectivity index (χ0n) is 18.4. The molecule has 2 aromatic carbocycles. The van der Waals surface area contributed by atoms with E-state index in [-0.39, 0.29) is 25.0 Å². The van der Waals surface area contributed by atoms with Crippen molar-refractivity contribution in [2.45, 2.75) is 48.9 Å². The summed E-state index contributed by atoms with van der Waals surface area (Å²) >= 11 is 0. The third-order valence-corrected chi connectivity index (χ3v) is 7.22. The van der Waals surface area contributed by atoms with E-state index in [1.807, 2.05) is 0 Å². The molecule has 192 valence electrons. The number of ether oxygens (including phenoxy) is 1. The first-order valence-electron chi connectivity index (χ1n) is 10.9. The maximum Gasteiger partial charge on any atom is 0.422 e. The molecule has 0 radical (unpaired) electrons. The summed E-state index contributed by atoms with van der Waals surface area (Å²) in [5.41, 5.74) is -5.84. The van der Waals surface area contributed by atoms with Crippen molar-refractivity contribution in [2.75, 3.05) is 6.61 Å². The second kappa shape index (κ2) is 7.89. The molecule has 6 rings (SSSR count). The lowest BCUT2D eigenvalue weighted by molar-refractivity contribution is -0.347. The molecule has 1 aromatic heterocycles. The Bertz CT molecular complexity index is 1260. The van der Waals surface area contributed by atoms with Crippen LogP contribution in [0.5, 0.6) is 5.75 Å². The Morgan fingerprint density at radius 1 is 1.00 bits per heavy atom. The highest BCUT2D eigenvalue weighted by atomic mass is 19.4. The van der Waals surface area contributed by atoms with Crippen LogP contribution in [-0.4, -0.2) is 44.0 Å². The summed E-state index contributed by atoms with van der Waals surface area (Å²) in [6, 6.07) is 7.78. The lowest BCUT2D eigenvalue weighted by Gasteiger charge is -2.74. The van der Waals surface area contributed by atoms with Gasteiger partial charge >= 0.3 is 6.18 Å². The average Bonchev–Trinajstić information content (AvgIpc) is 3.22. The Kier molecular flexibility index (Phi) is 5.36. The van der Waals surface area contributed by atoms with Crippen LogP contribution >= 0.6 is 0 Å². The summed E-state index contributed by atoms with van der Waals surface area (Å²) in [4.78, 5) is 0. The van der Waals surface area contributed by atoms with Crippen molar-refractivity contribution in [2.24, 2.45) is 5.41 Å². The predicted octanol–water partition coefficient (Wildman–Crippen LogP) is 4.54. The van der Waals surface area contributed by atoms with Crippen molar-refractivity contribution >= 4 is 0 Å². The molecule has 1 atom stereocenters. The fourth-order valence-electron chi connectivity index (χ4n) is 5.61. The highest BCUT2D eigenvalue weighted by molar-refractivity contribution is 5.45. The van der Waals surface area contributed by atoms with Gasteiger partial charge in [0.15, 0.2) is 12.2 Å². The van der Waals surface area contributed by atoms with Gasteiger partial charge in [0, 0.05) is 17.0 Å². The number of benzene rings is 2. The van der Waals surface area contributed by atoms with Crippen LogP contribution in [0.3, 0.4) is 0 Å². The Labute approximate surface area is 199 Å². The molecular formula is C23H19F7N4O2. The molecular weight excluding hydrogens is 497 g/mol. The first-order valence-corrected chi connectivity index (χ1v) is 10.9. The van der Waals surface area contributed by atoms with Crippen LogP contribution in [0.2, 0.25) is 0 Å². The molecule has 2 bridgehead atoms. The van der Waals surface area contributed by atoms with Crippen LogP contribution in [0.1, 0.15) is 30.4 Å². The van der Waals surface area contributed by atoms with Crippen LogP contribution in [0.15, 0.2) is 48.8 Å². The van der Waals surface area contributed by atoms with Crippen LogP contribution in [0, 0.1) is 17.0 Å². The molecule has 6 nitrogen and oxygen atoms in total. The van der Waals surface area contributed by atoms with E-state index in [1.54, 1.807) is 6.07 Å². The molecule has 3 saturated carbocycles. The molecule has 0 amide bonds. The summed E-state index contributed by atoms with van der Waals surface area (Å²) in [6.07, 6.45) is -3.85. The van der Waals surface area contributed by atoms with Gasteiger partial charge in [-0.1, -0.05) is 12.1 Å². The smallest absolute Gasteiger partial charge is 0.422 e.